The minimum absolute atomic E-state index is 0.290. The lowest BCUT2D eigenvalue weighted by Crippen LogP contribution is -2.48. The third-order valence-corrected chi connectivity index (χ3v) is 5.91. The van der Waals surface area contributed by atoms with Gasteiger partial charge in [-0.15, -0.1) is 0 Å². The van der Waals surface area contributed by atoms with E-state index in [-0.39, 0.29) is 5.78 Å². The number of hydrogen-bond acceptors (Lipinski definition) is 6. The largest absolute Gasteiger partial charge is 0.497 e. The van der Waals surface area contributed by atoms with E-state index in [0.717, 1.165) is 11.1 Å². The lowest BCUT2D eigenvalue weighted by atomic mass is 9.78. The minimum atomic E-state index is -1.61. The van der Waals surface area contributed by atoms with Crippen LogP contribution in [0.4, 0.5) is 0 Å². The van der Waals surface area contributed by atoms with Crippen LogP contribution in [0.2, 0.25) is 5.02 Å². The average molecular weight is 459 g/mol. The third-order valence-electron chi connectivity index (χ3n) is 5.66. The summed E-state index contributed by atoms with van der Waals surface area (Å²) in [5.41, 5.74) is 1.03. The van der Waals surface area contributed by atoms with Gasteiger partial charge in [-0.25, -0.2) is 9.67 Å². The molecule has 0 bridgehead atoms. The van der Waals surface area contributed by atoms with Crippen molar-refractivity contribution in [1.29, 1.82) is 0 Å². The molecule has 0 spiro atoms. The van der Waals surface area contributed by atoms with E-state index in [4.69, 9.17) is 21.2 Å². The molecule has 2 atom stereocenters. The van der Waals surface area contributed by atoms with E-state index in [1.165, 1.54) is 17.3 Å². The van der Waals surface area contributed by atoms with Crippen LogP contribution in [0.25, 0.3) is 0 Å². The first-order chi connectivity index (χ1) is 16.1. The summed E-state index contributed by atoms with van der Waals surface area (Å²) in [6.45, 7) is 0. The van der Waals surface area contributed by atoms with Gasteiger partial charge in [0.2, 0.25) is 5.78 Å². The Hall–Kier alpha value is -3.97. The number of carbonyl (C=O) groups is 1. The number of carbonyl (C=O) groups excluding carboxylic acids is 1. The number of hydrogen-bond donors (Lipinski definition) is 0. The van der Waals surface area contributed by atoms with Gasteiger partial charge in [-0.05, 0) is 29.8 Å². The molecule has 2 heterocycles. The zero-order valence-electron chi connectivity index (χ0n) is 17.6. The van der Waals surface area contributed by atoms with Crippen molar-refractivity contribution in [2.24, 2.45) is 5.16 Å². The van der Waals surface area contributed by atoms with Crippen molar-refractivity contribution in [3.8, 4) is 5.75 Å². The lowest BCUT2D eigenvalue weighted by molar-refractivity contribution is -0.0711. The van der Waals surface area contributed by atoms with E-state index in [1.54, 1.807) is 43.5 Å². The second kappa shape index (κ2) is 8.52. The standard InChI is InChI=1S/C25H19ClN4O3/c1-32-21-13-9-17(10-14-21)22-23(18-7-11-20(26)12-8-18)29-33-25(22,30-16-27-15-28-30)24(31)19-5-3-2-4-6-19/h2-16,22H,1H3. The maximum Gasteiger partial charge on any atom is 0.305 e. The van der Waals surface area contributed by atoms with Gasteiger partial charge in [0.25, 0.3) is 0 Å². The third kappa shape index (κ3) is 3.56. The lowest BCUT2D eigenvalue weighted by Gasteiger charge is -2.32. The van der Waals surface area contributed by atoms with Gasteiger partial charge >= 0.3 is 5.72 Å². The molecular weight excluding hydrogens is 440 g/mol. The average Bonchev–Trinajstić information content (AvgIpc) is 3.54. The molecule has 2 unspecified atom stereocenters. The topological polar surface area (TPSA) is 78.6 Å². The molecule has 0 saturated heterocycles. The van der Waals surface area contributed by atoms with Crippen molar-refractivity contribution in [1.82, 2.24) is 14.8 Å². The molecule has 0 aliphatic carbocycles. The Morgan fingerprint density at radius 3 is 2.39 bits per heavy atom. The first-order valence-electron chi connectivity index (χ1n) is 10.2. The number of halogens is 1. The fraction of sp³-hybridized carbons (Fsp3) is 0.120. The SMILES string of the molecule is COc1ccc(C2C(c3ccc(Cl)cc3)=NOC2(C(=O)c2ccccc2)n2cncn2)cc1. The van der Waals surface area contributed by atoms with Gasteiger partial charge in [0.05, 0.1) is 7.11 Å². The highest BCUT2D eigenvalue weighted by atomic mass is 35.5. The highest BCUT2D eigenvalue weighted by Crippen LogP contribution is 2.46. The molecule has 0 radical (unpaired) electrons. The summed E-state index contributed by atoms with van der Waals surface area (Å²) in [5.74, 6) is -0.218. The molecule has 0 saturated carbocycles. The van der Waals surface area contributed by atoms with E-state index in [0.29, 0.717) is 22.0 Å². The second-order valence-electron chi connectivity index (χ2n) is 7.51. The number of ketones is 1. The molecule has 7 nitrogen and oxygen atoms in total. The molecule has 0 fully saturated rings. The molecule has 4 aromatic rings. The van der Waals surface area contributed by atoms with Crippen LogP contribution in [0.1, 0.15) is 27.4 Å². The number of Topliss-reactive ketones (excluding diaryl/α,β-unsaturated/α-hetero) is 1. The summed E-state index contributed by atoms with van der Waals surface area (Å²) in [6.07, 6.45) is 2.84. The van der Waals surface area contributed by atoms with Crippen molar-refractivity contribution < 1.29 is 14.4 Å². The first kappa shape index (κ1) is 20.9. The van der Waals surface area contributed by atoms with Crippen molar-refractivity contribution in [3.63, 3.8) is 0 Å². The number of rotatable bonds is 6. The van der Waals surface area contributed by atoms with E-state index in [9.17, 15) is 4.79 Å². The quantitative estimate of drug-likeness (QED) is 0.391. The molecule has 1 aliphatic heterocycles. The molecule has 8 heteroatoms. The molecule has 0 amide bonds. The van der Waals surface area contributed by atoms with E-state index in [2.05, 4.69) is 15.2 Å². The number of aromatic nitrogens is 3. The van der Waals surface area contributed by atoms with Gasteiger partial charge in [0, 0.05) is 16.1 Å². The highest BCUT2D eigenvalue weighted by molar-refractivity contribution is 6.30. The molecule has 33 heavy (non-hydrogen) atoms. The molecule has 1 aliphatic rings. The summed E-state index contributed by atoms with van der Waals surface area (Å²) in [4.78, 5) is 24.2. The van der Waals surface area contributed by atoms with Crippen LogP contribution in [0.15, 0.2) is 96.7 Å². The van der Waals surface area contributed by atoms with Crippen LogP contribution < -0.4 is 4.74 Å². The molecule has 5 rings (SSSR count). The first-order valence-corrected chi connectivity index (χ1v) is 10.6. The highest BCUT2D eigenvalue weighted by Gasteiger charge is 2.58. The fourth-order valence-electron chi connectivity index (χ4n) is 4.06. The maximum absolute atomic E-state index is 14.1. The Kier molecular flexibility index (Phi) is 5.40. The van der Waals surface area contributed by atoms with Gasteiger partial charge in [-0.3, -0.25) is 4.79 Å². The monoisotopic (exact) mass is 458 g/mol. The Morgan fingerprint density at radius 1 is 1.03 bits per heavy atom. The van der Waals surface area contributed by atoms with Crippen molar-refractivity contribution in [3.05, 3.63) is 113 Å². The van der Waals surface area contributed by atoms with Gasteiger partial charge in [-0.2, -0.15) is 5.10 Å². The summed E-state index contributed by atoms with van der Waals surface area (Å²) in [7, 11) is 1.60. The molecule has 164 valence electrons. The van der Waals surface area contributed by atoms with Crippen LogP contribution in [-0.4, -0.2) is 33.4 Å². The summed E-state index contributed by atoms with van der Waals surface area (Å²) in [6, 6.07) is 23.7. The number of methoxy groups -OCH3 is 1. The molecule has 1 aromatic heterocycles. The molecule has 0 N–H and O–H groups in total. The van der Waals surface area contributed by atoms with Gasteiger partial charge < -0.3 is 9.57 Å². The van der Waals surface area contributed by atoms with Gasteiger partial charge in [-0.1, -0.05) is 71.4 Å². The summed E-state index contributed by atoms with van der Waals surface area (Å²) >= 11 is 6.11. The fourth-order valence-corrected chi connectivity index (χ4v) is 4.18. The van der Waals surface area contributed by atoms with E-state index < -0.39 is 11.6 Å². The molecular formula is C25H19ClN4O3. The van der Waals surface area contributed by atoms with Crippen LogP contribution in [0, 0.1) is 0 Å². The Labute approximate surface area is 195 Å². The molecule has 3 aromatic carbocycles. The Balaban J connectivity index is 1.73. The number of benzene rings is 3. The predicted molar refractivity (Wildman–Crippen MR) is 124 cm³/mol. The van der Waals surface area contributed by atoms with Crippen molar-refractivity contribution in [2.45, 2.75) is 11.6 Å². The number of nitrogens with zero attached hydrogens (tertiary/aromatic N) is 4. The zero-order chi connectivity index (χ0) is 22.8. The second-order valence-corrected chi connectivity index (χ2v) is 7.95. The van der Waals surface area contributed by atoms with Gasteiger partial charge in [0.1, 0.15) is 30.0 Å². The maximum atomic E-state index is 14.1. The van der Waals surface area contributed by atoms with Crippen LogP contribution in [-0.2, 0) is 10.6 Å². The smallest absolute Gasteiger partial charge is 0.305 e. The zero-order valence-corrected chi connectivity index (χ0v) is 18.4. The summed E-state index contributed by atoms with van der Waals surface area (Å²) < 4.78 is 6.76. The summed E-state index contributed by atoms with van der Waals surface area (Å²) in [5, 5.41) is 9.33. The Morgan fingerprint density at radius 2 is 1.76 bits per heavy atom. The number of oxime groups is 1. The number of ether oxygens (including phenoxy) is 1. The minimum Gasteiger partial charge on any atom is -0.497 e. The van der Waals surface area contributed by atoms with Crippen LogP contribution in [0.5, 0.6) is 5.75 Å². The predicted octanol–water partition coefficient (Wildman–Crippen LogP) is 4.69. The van der Waals surface area contributed by atoms with Crippen molar-refractivity contribution >= 4 is 23.1 Å². The van der Waals surface area contributed by atoms with Crippen molar-refractivity contribution in [2.75, 3.05) is 7.11 Å². The van der Waals surface area contributed by atoms with E-state index in [1.807, 2.05) is 42.5 Å². The van der Waals surface area contributed by atoms with Gasteiger partial charge in [0.15, 0.2) is 0 Å². The normalized spacial score (nSPS) is 19.6. The van der Waals surface area contributed by atoms with E-state index >= 15 is 0 Å². The van der Waals surface area contributed by atoms with Crippen LogP contribution >= 0.6 is 11.6 Å². The Bertz CT molecular complexity index is 1290. The van der Waals surface area contributed by atoms with Crippen LogP contribution in [0.3, 0.4) is 0 Å².